The van der Waals surface area contributed by atoms with E-state index in [0.29, 0.717) is 24.3 Å². The van der Waals surface area contributed by atoms with Crippen LogP contribution in [0.15, 0.2) is 64.3 Å². The zero-order chi connectivity index (χ0) is 24.3. The van der Waals surface area contributed by atoms with Crippen LogP contribution in [0.25, 0.3) is 5.69 Å². The summed E-state index contributed by atoms with van der Waals surface area (Å²) in [7, 11) is -3.61. The van der Waals surface area contributed by atoms with E-state index in [1.165, 1.54) is 45.4 Å². The molecule has 0 atom stereocenters. The topological polar surface area (TPSA) is 101 Å². The Bertz CT molecular complexity index is 1380. The average Bonchev–Trinajstić information content (AvgIpc) is 2.84. The molecule has 178 valence electrons. The van der Waals surface area contributed by atoms with Crippen molar-refractivity contribution in [2.24, 2.45) is 0 Å². The molecule has 1 amide bonds. The number of sulfonamides is 1. The lowest BCUT2D eigenvalue weighted by atomic mass is 10.2. The van der Waals surface area contributed by atoms with Gasteiger partial charge in [0.15, 0.2) is 5.69 Å². The van der Waals surface area contributed by atoms with Crippen LogP contribution >= 0.6 is 0 Å². The highest BCUT2D eigenvalue weighted by atomic mass is 32.2. The van der Waals surface area contributed by atoms with E-state index in [0.717, 1.165) is 19.3 Å². The van der Waals surface area contributed by atoms with Crippen molar-refractivity contribution in [3.05, 3.63) is 87.6 Å². The molecular formula is C24H25FN4O4S. The van der Waals surface area contributed by atoms with Gasteiger partial charge in [-0.1, -0.05) is 30.7 Å². The molecule has 2 heterocycles. The predicted octanol–water partition coefficient (Wildman–Crippen LogP) is 2.78. The van der Waals surface area contributed by atoms with Gasteiger partial charge in [0.1, 0.15) is 11.5 Å². The minimum absolute atomic E-state index is 0.00309. The number of halogens is 1. The summed E-state index contributed by atoms with van der Waals surface area (Å²) in [5, 5.41) is 6.69. The summed E-state index contributed by atoms with van der Waals surface area (Å²) >= 11 is 0. The number of aryl methyl sites for hydroxylation is 1. The van der Waals surface area contributed by atoms with Crippen LogP contribution in [0.2, 0.25) is 0 Å². The highest BCUT2D eigenvalue weighted by Crippen LogP contribution is 2.21. The summed E-state index contributed by atoms with van der Waals surface area (Å²) in [4.78, 5) is 25.3. The van der Waals surface area contributed by atoms with Crippen molar-refractivity contribution >= 4 is 15.9 Å². The van der Waals surface area contributed by atoms with Gasteiger partial charge in [-0.3, -0.25) is 9.59 Å². The number of piperidine rings is 1. The third-order valence-corrected chi connectivity index (χ3v) is 7.60. The zero-order valence-corrected chi connectivity index (χ0v) is 19.5. The van der Waals surface area contributed by atoms with E-state index in [4.69, 9.17) is 0 Å². The monoisotopic (exact) mass is 484 g/mol. The first-order valence-corrected chi connectivity index (χ1v) is 12.4. The highest BCUT2D eigenvalue weighted by Gasteiger charge is 2.26. The zero-order valence-electron chi connectivity index (χ0n) is 18.7. The van der Waals surface area contributed by atoms with Crippen molar-refractivity contribution in [3.8, 4) is 5.69 Å². The van der Waals surface area contributed by atoms with Crippen LogP contribution in [-0.2, 0) is 16.6 Å². The maximum absolute atomic E-state index is 14.2. The fourth-order valence-corrected chi connectivity index (χ4v) is 5.50. The van der Waals surface area contributed by atoms with Crippen molar-refractivity contribution in [1.29, 1.82) is 0 Å². The van der Waals surface area contributed by atoms with Crippen LogP contribution in [0.3, 0.4) is 0 Å². The Kier molecular flexibility index (Phi) is 6.90. The first-order valence-electron chi connectivity index (χ1n) is 11.0. The molecule has 0 saturated carbocycles. The van der Waals surface area contributed by atoms with E-state index >= 15 is 0 Å². The van der Waals surface area contributed by atoms with Crippen LogP contribution in [0.1, 0.15) is 41.0 Å². The van der Waals surface area contributed by atoms with E-state index in [2.05, 4.69) is 10.4 Å². The summed E-state index contributed by atoms with van der Waals surface area (Å²) in [6.45, 7) is 2.58. The Morgan fingerprint density at radius 2 is 1.79 bits per heavy atom. The fraction of sp³-hybridized carbons (Fsp3) is 0.292. The quantitative estimate of drug-likeness (QED) is 0.580. The minimum atomic E-state index is -3.61. The maximum Gasteiger partial charge on any atom is 0.276 e. The third kappa shape index (κ3) is 4.92. The largest absolute Gasteiger partial charge is 0.346 e. The second kappa shape index (κ2) is 9.86. The number of carbonyl (C=O) groups is 1. The highest BCUT2D eigenvalue weighted by molar-refractivity contribution is 7.89. The van der Waals surface area contributed by atoms with Crippen LogP contribution in [-0.4, -0.2) is 41.5 Å². The van der Waals surface area contributed by atoms with Crippen molar-refractivity contribution in [3.63, 3.8) is 0 Å². The van der Waals surface area contributed by atoms with Gasteiger partial charge in [-0.15, -0.1) is 0 Å². The second-order valence-electron chi connectivity index (χ2n) is 8.16. The summed E-state index contributed by atoms with van der Waals surface area (Å²) < 4.78 is 42.8. The van der Waals surface area contributed by atoms with Gasteiger partial charge in [-0.05, 0) is 49.6 Å². The molecule has 2 aromatic carbocycles. The molecule has 1 saturated heterocycles. The number of carbonyl (C=O) groups excluding carboxylic acids is 1. The number of amides is 1. The molecule has 34 heavy (non-hydrogen) atoms. The molecule has 1 fully saturated rings. The third-order valence-electron chi connectivity index (χ3n) is 5.71. The number of nitrogens with zero attached hydrogens (tertiary/aromatic N) is 3. The van der Waals surface area contributed by atoms with Crippen molar-refractivity contribution in [2.75, 3.05) is 13.1 Å². The molecule has 0 spiro atoms. The van der Waals surface area contributed by atoms with E-state index in [1.807, 2.05) is 0 Å². The van der Waals surface area contributed by atoms with Gasteiger partial charge in [0.25, 0.3) is 5.91 Å². The molecule has 10 heteroatoms. The fourth-order valence-electron chi connectivity index (χ4n) is 3.91. The Hall–Kier alpha value is -3.37. The number of benzene rings is 2. The van der Waals surface area contributed by atoms with Gasteiger partial charge in [0.2, 0.25) is 15.5 Å². The van der Waals surface area contributed by atoms with Crippen molar-refractivity contribution in [1.82, 2.24) is 19.4 Å². The van der Waals surface area contributed by atoms with Crippen molar-refractivity contribution < 1.29 is 17.6 Å². The lowest BCUT2D eigenvalue weighted by Crippen LogP contribution is -2.35. The molecule has 0 aliphatic carbocycles. The van der Waals surface area contributed by atoms with Gasteiger partial charge in [-0.2, -0.15) is 9.40 Å². The van der Waals surface area contributed by atoms with Gasteiger partial charge in [0, 0.05) is 31.4 Å². The van der Waals surface area contributed by atoms with Gasteiger partial charge in [-0.25, -0.2) is 17.5 Å². The Morgan fingerprint density at radius 1 is 1.06 bits per heavy atom. The summed E-state index contributed by atoms with van der Waals surface area (Å²) in [5.41, 5.74) is 0.0786. The van der Waals surface area contributed by atoms with Gasteiger partial charge in [0.05, 0.1) is 4.90 Å². The average molecular weight is 485 g/mol. The normalized spacial score (nSPS) is 14.6. The van der Waals surface area contributed by atoms with Crippen LogP contribution in [0, 0.1) is 12.7 Å². The smallest absolute Gasteiger partial charge is 0.276 e. The lowest BCUT2D eigenvalue weighted by molar-refractivity contribution is 0.0943. The van der Waals surface area contributed by atoms with Crippen LogP contribution in [0.5, 0.6) is 0 Å². The molecule has 1 aliphatic heterocycles. The van der Waals surface area contributed by atoms with E-state index < -0.39 is 27.2 Å². The maximum atomic E-state index is 14.2. The molecule has 1 aromatic heterocycles. The van der Waals surface area contributed by atoms with E-state index in [9.17, 15) is 22.4 Å². The van der Waals surface area contributed by atoms with E-state index in [1.54, 1.807) is 25.1 Å². The first kappa shape index (κ1) is 23.8. The molecule has 1 aliphatic rings. The molecule has 1 N–H and O–H groups in total. The summed E-state index contributed by atoms with van der Waals surface area (Å²) in [6, 6.07) is 13.5. The molecule has 3 aromatic rings. The SMILES string of the molecule is Cc1cc(=O)c(C(=O)NCc2cccc(S(=O)(=O)N3CCCCC3)c2)nn1-c1ccccc1F. The van der Waals surface area contributed by atoms with Crippen LogP contribution < -0.4 is 10.7 Å². The number of rotatable bonds is 6. The summed E-state index contributed by atoms with van der Waals surface area (Å²) in [5.74, 6) is -1.28. The Labute approximate surface area is 197 Å². The number of para-hydroxylation sites is 1. The van der Waals surface area contributed by atoms with Crippen LogP contribution in [0.4, 0.5) is 4.39 Å². The standard InChI is InChI=1S/C24H25FN4O4S/c1-17-14-22(30)23(27-29(17)21-11-4-3-10-20(21)25)24(31)26-16-18-8-7-9-19(15-18)34(32,33)28-12-5-2-6-13-28/h3-4,7-11,14-15H,2,5-6,12-13,16H2,1H3,(H,26,31). The molecule has 0 radical (unpaired) electrons. The summed E-state index contributed by atoms with van der Waals surface area (Å²) in [6.07, 6.45) is 2.69. The van der Waals surface area contributed by atoms with Crippen molar-refractivity contribution in [2.45, 2.75) is 37.6 Å². The first-order chi connectivity index (χ1) is 16.3. The Morgan fingerprint density at radius 3 is 2.53 bits per heavy atom. The molecule has 0 bridgehead atoms. The number of hydrogen-bond acceptors (Lipinski definition) is 5. The Balaban J connectivity index is 1.54. The molecular weight excluding hydrogens is 459 g/mol. The lowest BCUT2D eigenvalue weighted by Gasteiger charge is -2.26. The second-order valence-corrected chi connectivity index (χ2v) is 10.1. The van der Waals surface area contributed by atoms with E-state index in [-0.39, 0.29) is 22.8 Å². The number of hydrogen-bond donors (Lipinski definition) is 1. The minimum Gasteiger partial charge on any atom is -0.346 e. The van der Waals surface area contributed by atoms with Gasteiger partial charge >= 0.3 is 0 Å². The van der Waals surface area contributed by atoms with Gasteiger partial charge < -0.3 is 5.32 Å². The number of aromatic nitrogens is 2. The molecule has 4 rings (SSSR count). The molecule has 0 unspecified atom stereocenters. The predicted molar refractivity (Wildman–Crippen MR) is 125 cm³/mol. The number of nitrogens with one attached hydrogen (secondary N) is 1. The molecule has 8 nitrogen and oxygen atoms in total.